The van der Waals surface area contributed by atoms with Gasteiger partial charge in [0.05, 0.1) is 11.2 Å². The molecule has 0 atom stereocenters. The number of hydrogen-bond donors (Lipinski definition) is 2. The Morgan fingerprint density at radius 1 is 1.37 bits per heavy atom. The summed E-state index contributed by atoms with van der Waals surface area (Å²) in [7, 11) is 0. The Kier molecular flexibility index (Phi) is 2.96. The molecule has 0 radical (unpaired) electrons. The molecule has 3 heteroatoms. The molecule has 1 aromatic heterocycles. The first-order valence-electron chi connectivity index (χ1n) is 6.78. The lowest BCUT2D eigenvalue weighted by Gasteiger charge is -2.32. The van der Waals surface area contributed by atoms with E-state index in [0.717, 1.165) is 37.0 Å². The minimum Gasteiger partial charge on any atom is -0.370 e. The van der Waals surface area contributed by atoms with Crippen LogP contribution in [0.15, 0.2) is 18.3 Å². The summed E-state index contributed by atoms with van der Waals surface area (Å²) >= 11 is 0. The lowest BCUT2D eigenvalue weighted by Crippen LogP contribution is -2.39. The molecular formula is C16H19N3. The number of nitrogens with one attached hydrogen (secondary N) is 1. The summed E-state index contributed by atoms with van der Waals surface area (Å²) in [5, 5.41) is 1.18. The third-order valence-electron chi connectivity index (χ3n) is 4.06. The van der Waals surface area contributed by atoms with Crippen LogP contribution in [0.4, 0.5) is 5.69 Å². The second kappa shape index (κ2) is 4.64. The number of fused-ring (bicyclic) bond motifs is 1. The van der Waals surface area contributed by atoms with E-state index in [1.54, 1.807) is 0 Å². The molecule has 3 N–H and O–H groups in total. The van der Waals surface area contributed by atoms with Crippen molar-refractivity contribution in [3.8, 4) is 12.3 Å². The van der Waals surface area contributed by atoms with Gasteiger partial charge in [0.25, 0.3) is 0 Å². The van der Waals surface area contributed by atoms with Gasteiger partial charge in [0, 0.05) is 36.3 Å². The van der Waals surface area contributed by atoms with E-state index in [1.807, 2.05) is 6.20 Å². The van der Waals surface area contributed by atoms with Crippen molar-refractivity contribution in [1.82, 2.24) is 4.98 Å². The zero-order valence-electron chi connectivity index (χ0n) is 11.2. The lowest BCUT2D eigenvalue weighted by atomic mass is 10.0. The van der Waals surface area contributed by atoms with E-state index in [2.05, 4.69) is 34.9 Å². The van der Waals surface area contributed by atoms with Crippen molar-refractivity contribution < 1.29 is 0 Å². The molecule has 3 nitrogen and oxygen atoms in total. The monoisotopic (exact) mass is 253 g/mol. The van der Waals surface area contributed by atoms with Gasteiger partial charge in [-0.3, -0.25) is 0 Å². The van der Waals surface area contributed by atoms with Crippen LogP contribution in [0.25, 0.3) is 10.9 Å². The van der Waals surface area contributed by atoms with Crippen molar-refractivity contribution >= 4 is 16.6 Å². The number of rotatable bonds is 1. The van der Waals surface area contributed by atoms with E-state index < -0.39 is 0 Å². The minimum atomic E-state index is 0.349. The van der Waals surface area contributed by atoms with Crippen molar-refractivity contribution in [3.05, 3.63) is 29.5 Å². The van der Waals surface area contributed by atoms with Gasteiger partial charge in [-0.05, 0) is 31.4 Å². The predicted octanol–water partition coefficient (Wildman–Crippen LogP) is 2.39. The summed E-state index contributed by atoms with van der Waals surface area (Å²) in [6.45, 7) is 4.14. The van der Waals surface area contributed by atoms with Crippen molar-refractivity contribution in [1.29, 1.82) is 0 Å². The second-order valence-corrected chi connectivity index (χ2v) is 5.32. The number of nitrogens with two attached hydrogens (primary N) is 1. The first-order chi connectivity index (χ1) is 9.20. The van der Waals surface area contributed by atoms with Gasteiger partial charge in [0.15, 0.2) is 0 Å². The summed E-state index contributed by atoms with van der Waals surface area (Å²) < 4.78 is 0. The van der Waals surface area contributed by atoms with E-state index in [0.29, 0.717) is 6.04 Å². The van der Waals surface area contributed by atoms with Crippen molar-refractivity contribution in [2.24, 2.45) is 5.73 Å². The molecule has 1 saturated heterocycles. The Labute approximate surface area is 113 Å². The molecule has 0 saturated carbocycles. The van der Waals surface area contributed by atoms with Crippen LogP contribution in [-0.2, 0) is 0 Å². The number of piperidine rings is 1. The lowest BCUT2D eigenvalue weighted by molar-refractivity contribution is 0.502. The molecule has 0 amide bonds. The molecule has 19 heavy (non-hydrogen) atoms. The van der Waals surface area contributed by atoms with Gasteiger partial charge in [0.2, 0.25) is 0 Å². The number of terminal acetylenes is 1. The van der Waals surface area contributed by atoms with Crippen LogP contribution in [0.5, 0.6) is 0 Å². The van der Waals surface area contributed by atoms with Crippen molar-refractivity contribution in [2.45, 2.75) is 25.8 Å². The Bertz CT molecular complexity index is 640. The number of anilines is 1. The summed E-state index contributed by atoms with van der Waals surface area (Å²) in [6.07, 6.45) is 9.61. The minimum absolute atomic E-state index is 0.349. The summed E-state index contributed by atoms with van der Waals surface area (Å²) in [6, 6.07) is 4.69. The van der Waals surface area contributed by atoms with Gasteiger partial charge < -0.3 is 15.6 Å². The van der Waals surface area contributed by atoms with Gasteiger partial charge in [-0.2, -0.15) is 0 Å². The van der Waals surface area contributed by atoms with Crippen molar-refractivity contribution in [3.63, 3.8) is 0 Å². The molecule has 0 aliphatic carbocycles. The van der Waals surface area contributed by atoms with E-state index >= 15 is 0 Å². The quantitative estimate of drug-likeness (QED) is 0.766. The largest absolute Gasteiger partial charge is 0.370 e. The van der Waals surface area contributed by atoms with Gasteiger partial charge in [0.1, 0.15) is 0 Å². The molecule has 1 aliphatic rings. The van der Waals surface area contributed by atoms with Gasteiger partial charge in [-0.25, -0.2) is 0 Å². The second-order valence-electron chi connectivity index (χ2n) is 5.32. The van der Waals surface area contributed by atoms with Gasteiger partial charge >= 0.3 is 0 Å². The molecule has 0 unspecified atom stereocenters. The molecule has 2 aromatic rings. The number of hydrogen-bond acceptors (Lipinski definition) is 2. The van der Waals surface area contributed by atoms with Crippen molar-refractivity contribution in [2.75, 3.05) is 18.0 Å². The van der Waals surface area contributed by atoms with E-state index in [4.69, 9.17) is 12.2 Å². The summed E-state index contributed by atoms with van der Waals surface area (Å²) in [5.74, 6) is 2.76. The third-order valence-corrected chi connectivity index (χ3v) is 4.06. The summed E-state index contributed by atoms with van der Waals surface area (Å²) in [5.41, 5.74) is 10.5. The highest BCUT2D eigenvalue weighted by Gasteiger charge is 2.19. The zero-order valence-corrected chi connectivity index (χ0v) is 11.2. The predicted molar refractivity (Wildman–Crippen MR) is 80.4 cm³/mol. The van der Waals surface area contributed by atoms with E-state index in [-0.39, 0.29) is 0 Å². The molecule has 0 spiro atoms. The number of aromatic amines is 1. The fourth-order valence-electron chi connectivity index (χ4n) is 2.92. The molecule has 1 aliphatic heterocycles. The number of aryl methyl sites for hydroxylation is 1. The number of benzene rings is 1. The Morgan fingerprint density at radius 2 is 2.11 bits per heavy atom. The molecule has 2 heterocycles. The number of nitrogens with zero attached hydrogens (tertiary/aromatic N) is 1. The maximum Gasteiger partial charge on any atom is 0.0707 e. The van der Waals surface area contributed by atoms with Crippen LogP contribution < -0.4 is 10.6 Å². The molecule has 3 rings (SSSR count). The summed E-state index contributed by atoms with van der Waals surface area (Å²) in [4.78, 5) is 5.75. The van der Waals surface area contributed by atoms with E-state index in [9.17, 15) is 0 Å². The SMILES string of the molecule is C#Cc1c[nH]c2c(N3CCC(N)CC3)ccc(C)c12. The average molecular weight is 253 g/mol. The van der Waals surface area contributed by atoms with Crippen LogP contribution in [0.2, 0.25) is 0 Å². The Morgan fingerprint density at radius 3 is 2.79 bits per heavy atom. The Hall–Kier alpha value is -1.92. The third kappa shape index (κ3) is 1.98. The van der Waals surface area contributed by atoms with Crippen LogP contribution in [-0.4, -0.2) is 24.1 Å². The standard InChI is InChI=1S/C16H19N3/c1-3-12-10-18-16-14(5-4-11(2)15(12)16)19-8-6-13(17)7-9-19/h1,4-5,10,13,18H,6-9,17H2,2H3. The highest BCUT2D eigenvalue weighted by atomic mass is 15.1. The topological polar surface area (TPSA) is 45.0 Å². The van der Waals surface area contributed by atoms with Crippen LogP contribution >= 0.6 is 0 Å². The number of aromatic nitrogens is 1. The normalized spacial score (nSPS) is 16.8. The molecule has 1 aromatic carbocycles. The highest BCUT2D eigenvalue weighted by molar-refractivity contribution is 5.97. The zero-order chi connectivity index (χ0) is 13.4. The molecule has 98 valence electrons. The average Bonchev–Trinajstić information content (AvgIpc) is 2.85. The van der Waals surface area contributed by atoms with Crippen LogP contribution in [0.1, 0.15) is 24.0 Å². The van der Waals surface area contributed by atoms with E-state index in [1.165, 1.54) is 16.6 Å². The maximum absolute atomic E-state index is 5.98. The Balaban J connectivity index is 2.08. The molecule has 1 fully saturated rings. The first kappa shape index (κ1) is 12.1. The molecular weight excluding hydrogens is 234 g/mol. The maximum atomic E-state index is 5.98. The van der Waals surface area contributed by atoms with Crippen LogP contribution in [0.3, 0.4) is 0 Å². The smallest absolute Gasteiger partial charge is 0.0707 e. The highest BCUT2D eigenvalue weighted by Crippen LogP contribution is 2.32. The van der Waals surface area contributed by atoms with Gasteiger partial charge in [-0.1, -0.05) is 12.0 Å². The van der Waals surface area contributed by atoms with Crippen LogP contribution in [0, 0.1) is 19.3 Å². The molecule has 0 bridgehead atoms. The fraction of sp³-hybridized carbons (Fsp3) is 0.375. The fourth-order valence-corrected chi connectivity index (χ4v) is 2.92. The number of H-pyrrole nitrogens is 1. The first-order valence-corrected chi connectivity index (χ1v) is 6.78. The van der Waals surface area contributed by atoms with Gasteiger partial charge in [-0.15, -0.1) is 6.42 Å².